The van der Waals surface area contributed by atoms with Gasteiger partial charge in [-0.25, -0.2) is 9.78 Å². The number of carboxylic acids is 1. The molecule has 1 aromatic carbocycles. The number of rotatable bonds is 8. The molecule has 0 saturated heterocycles. The van der Waals surface area contributed by atoms with Crippen LogP contribution in [0.2, 0.25) is 0 Å². The summed E-state index contributed by atoms with van der Waals surface area (Å²) in [6, 6.07) is 5.56. The van der Waals surface area contributed by atoms with Crippen molar-refractivity contribution in [2.75, 3.05) is 18.4 Å². The fourth-order valence-corrected chi connectivity index (χ4v) is 4.03. The number of anilines is 1. The number of aliphatic carboxylic acids is 1. The third-order valence-electron chi connectivity index (χ3n) is 6.08. The van der Waals surface area contributed by atoms with Crippen molar-refractivity contribution in [2.24, 2.45) is 5.92 Å². The van der Waals surface area contributed by atoms with Gasteiger partial charge in [-0.2, -0.15) is 0 Å². The van der Waals surface area contributed by atoms with Crippen molar-refractivity contribution in [3.05, 3.63) is 24.1 Å². The first kappa shape index (κ1) is 18.4. The maximum Gasteiger partial charge on any atom is 0.319 e. The van der Waals surface area contributed by atoms with E-state index < -0.39 is 5.97 Å². The molecule has 0 atom stereocenters. The summed E-state index contributed by atoms with van der Waals surface area (Å²) in [5.41, 5.74) is 2.18. The van der Waals surface area contributed by atoms with Crippen molar-refractivity contribution in [2.45, 2.75) is 56.5 Å². The second-order valence-electron chi connectivity index (χ2n) is 8.70. The van der Waals surface area contributed by atoms with Crippen LogP contribution in [-0.4, -0.2) is 52.2 Å². The van der Waals surface area contributed by atoms with Crippen LogP contribution in [-0.2, 0) is 4.79 Å². The molecule has 154 valence electrons. The maximum absolute atomic E-state index is 12.3. The van der Waals surface area contributed by atoms with E-state index in [1.807, 2.05) is 18.2 Å². The summed E-state index contributed by atoms with van der Waals surface area (Å²) in [7, 11) is 0. The Morgan fingerprint density at radius 1 is 1.21 bits per heavy atom. The Bertz CT molecular complexity index is 928. The fraction of sp³-hybridized carbons (Fsp3) is 0.571. The van der Waals surface area contributed by atoms with Gasteiger partial charge in [0.15, 0.2) is 11.5 Å². The minimum Gasteiger partial charge on any atom is -0.480 e. The number of oxazole rings is 1. The largest absolute Gasteiger partial charge is 0.480 e. The molecule has 1 heterocycles. The highest BCUT2D eigenvalue weighted by Crippen LogP contribution is 2.40. The number of carbonyl (C=O) groups is 2. The van der Waals surface area contributed by atoms with Crippen LogP contribution < -0.4 is 10.6 Å². The number of carboxylic acid groups (broad SMARTS) is 1. The molecule has 5 rings (SSSR count). The van der Waals surface area contributed by atoms with Crippen molar-refractivity contribution < 1.29 is 19.1 Å². The summed E-state index contributed by atoms with van der Waals surface area (Å²) in [5.74, 6) is 1.11. The smallest absolute Gasteiger partial charge is 0.319 e. The predicted octanol–water partition coefficient (Wildman–Crippen LogP) is 3.15. The average molecular weight is 398 g/mol. The number of aromatic nitrogens is 1. The van der Waals surface area contributed by atoms with E-state index in [0.29, 0.717) is 23.1 Å². The first-order chi connectivity index (χ1) is 14.0. The number of nitrogens with zero attached hydrogens (tertiary/aromatic N) is 2. The van der Waals surface area contributed by atoms with Crippen LogP contribution in [0.3, 0.4) is 0 Å². The van der Waals surface area contributed by atoms with Gasteiger partial charge in [0.25, 0.3) is 0 Å². The summed E-state index contributed by atoms with van der Waals surface area (Å²) in [4.78, 5) is 30.0. The average Bonchev–Trinajstić information content (AvgIpc) is 3.55. The Balaban J connectivity index is 1.12. The number of benzene rings is 1. The van der Waals surface area contributed by atoms with E-state index in [9.17, 15) is 9.59 Å². The van der Waals surface area contributed by atoms with Crippen LogP contribution in [0.5, 0.6) is 0 Å². The zero-order valence-electron chi connectivity index (χ0n) is 16.3. The fourth-order valence-electron chi connectivity index (χ4n) is 4.03. The number of fused-ring (bicyclic) bond motifs is 1. The van der Waals surface area contributed by atoms with E-state index in [2.05, 4.69) is 20.5 Å². The van der Waals surface area contributed by atoms with Crippen LogP contribution in [0, 0.1) is 5.92 Å². The van der Waals surface area contributed by atoms with Crippen molar-refractivity contribution in [3.63, 3.8) is 0 Å². The molecule has 8 nitrogen and oxygen atoms in total. The topological polar surface area (TPSA) is 108 Å². The van der Waals surface area contributed by atoms with Crippen molar-refractivity contribution >= 4 is 28.8 Å². The van der Waals surface area contributed by atoms with Crippen molar-refractivity contribution in [1.29, 1.82) is 0 Å². The Hall–Kier alpha value is -2.61. The molecule has 1 aromatic heterocycles. The highest BCUT2D eigenvalue weighted by atomic mass is 16.4. The van der Waals surface area contributed by atoms with Gasteiger partial charge in [-0.1, -0.05) is 0 Å². The lowest BCUT2D eigenvalue weighted by Gasteiger charge is -2.42. The molecule has 0 aliphatic heterocycles. The molecular weight excluding hydrogens is 372 g/mol. The van der Waals surface area contributed by atoms with Gasteiger partial charge in [0, 0.05) is 36.3 Å². The Morgan fingerprint density at radius 3 is 2.69 bits per heavy atom. The zero-order chi connectivity index (χ0) is 20.0. The van der Waals surface area contributed by atoms with E-state index in [-0.39, 0.29) is 24.7 Å². The number of hydrogen-bond donors (Lipinski definition) is 3. The summed E-state index contributed by atoms with van der Waals surface area (Å²) in [6.45, 7) is 0.941. The third-order valence-corrected chi connectivity index (χ3v) is 6.08. The van der Waals surface area contributed by atoms with Crippen molar-refractivity contribution in [3.8, 4) is 0 Å². The lowest BCUT2D eigenvalue weighted by atomic mass is 9.85. The van der Waals surface area contributed by atoms with E-state index in [4.69, 9.17) is 9.52 Å². The molecule has 3 saturated carbocycles. The molecule has 3 aliphatic rings. The van der Waals surface area contributed by atoms with Gasteiger partial charge in [-0.3, -0.25) is 9.69 Å². The Morgan fingerprint density at radius 2 is 2.00 bits per heavy atom. The Labute approximate surface area is 168 Å². The molecule has 0 radical (unpaired) electrons. The van der Waals surface area contributed by atoms with E-state index in [0.717, 1.165) is 43.6 Å². The normalized spacial score (nSPS) is 23.8. The summed E-state index contributed by atoms with van der Waals surface area (Å²) < 4.78 is 5.80. The highest BCUT2D eigenvalue weighted by Gasteiger charge is 2.37. The van der Waals surface area contributed by atoms with Gasteiger partial charge in [0.1, 0.15) is 5.52 Å². The monoisotopic (exact) mass is 398 g/mol. The quantitative estimate of drug-likeness (QED) is 0.630. The second kappa shape index (κ2) is 7.33. The van der Waals surface area contributed by atoms with Crippen LogP contribution in [0.1, 0.15) is 50.3 Å². The summed E-state index contributed by atoms with van der Waals surface area (Å²) in [6.07, 6.45) is 6.24. The number of carbonyl (C=O) groups excluding carboxylic acids is 1. The molecule has 2 aromatic rings. The zero-order valence-corrected chi connectivity index (χ0v) is 16.3. The van der Waals surface area contributed by atoms with Gasteiger partial charge in [-0.15, -0.1) is 0 Å². The van der Waals surface area contributed by atoms with E-state index in [1.54, 1.807) is 0 Å². The molecule has 0 unspecified atom stereocenters. The van der Waals surface area contributed by atoms with Crippen LogP contribution >= 0.6 is 0 Å². The van der Waals surface area contributed by atoms with Gasteiger partial charge < -0.3 is 20.2 Å². The molecule has 3 aliphatic carbocycles. The van der Waals surface area contributed by atoms with Crippen LogP contribution in [0.25, 0.3) is 11.1 Å². The van der Waals surface area contributed by atoms with E-state index >= 15 is 0 Å². The summed E-state index contributed by atoms with van der Waals surface area (Å²) in [5, 5.41) is 15.0. The predicted molar refractivity (Wildman–Crippen MR) is 107 cm³/mol. The number of urea groups is 1. The minimum atomic E-state index is -0.785. The molecule has 2 amide bonds. The molecule has 8 heteroatoms. The van der Waals surface area contributed by atoms with Gasteiger partial charge in [0.2, 0.25) is 0 Å². The maximum atomic E-state index is 12.3. The van der Waals surface area contributed by atoms with Crippen molar-refractivity contribution in [1.82, 2.24) is 15.2 Å². The Kier molecular flexibility index (Phi) is 4.66. The van der Waals surface area contributed by atoms with Crippen LogP contribution in [0.15, 0.2) is 22.6 Å². The third kappa shape index (κ3) is 4.37. The molecular formula is C21H26N4O4. The number of amides is 2. The van der Waals surface area contributed by atoms with E-state index in [1.165, 1.54) is 12.8 Å². The summed E-state index contributed by atoms with van der Waals surface area (Å²) >= 11 is 0. The van der Waals surface area contributed by atoms with Crippen LogP contribution in [0.4, 0.5) is 10.5 Å². The highest BCUT2D eigenvalue weighted by molar-refractivity contribution is 5.91. The molecule has 0 spiro atoms. The SMILES string of the molecule is O=C(O)CN(CC1CC1)C1CC(NC(=O)Nc2ccc3nc(C4CC4)oc3c2)C1. The van der Waals surface area contributed by atoms with Gasteiger partial charge >= 0.3 is 12.0 Å². The lowest BCUT2D eigenvalue weighted by molar-refractivity contribution is -0.139. The van der Waals surface area contributed by atoms with Gasteiger partial charge in [-0.05, 0) is 56.6 Å². The lowest BCUT2D eigenvalue weighted by Crippen LogP contribution is -2.55. The molecule has 29 heavy (non-hydrogen) atoms. The molecule has 0 bridgehead atoms. The second-order valence-corrected chi connectivity index (χ2v) is 8.70. The number of hydrogen-bond acceptors (Lipinski definition) is 5. The standard InChI is InChI=1S/C21H26N4O4/c26-19(27)11-25(10-12-1-2-12)16-7-15(8-16)23-21(28)22-14-5-6-17-18(9-14)29-20(24-17)13-3-4-13/h5-6,9,12-13,15-16H,1-4,7-8,10-11H2,(H,26,27)(H2,22,23,28). The molecule has 3 fully saturated rings. The molecule has 3 N–H and O–H groups in total. The van der Waals surface area contributed by atoms with Gasteiger partial charge in [0.05, 0.1) is 6.54 Å². The number of nitrogens with one attached hydrogen (secondary N) is 2. The first-order valence-corrected chi connectivity index (χ1v) is 10.5. The minimum absolute atomic E-state index is 0.0750. The first-order valence-electron chi connectivity index (χ1n) is 10.5.